The molecule has 1 aromatic rings. The molecule has 0 aliphatic carbocycles. The lowest BCUT2D eigenvalue weighted by Crippen LogP contribution is -2.14. The van der Waals surface area contributed by atoms with Gasteiger partial charge in [0.05, 0.1) is 7.11 Å². The Bertz CT molecular complexity index is 460. The molecular formula is C11H18N2O3S. The number of pyridine rings is 1. The fraction of sp³-hybridized carbons (Fsp3) is 0.545. The molecule has 17 heavy (non-hydrogen) atoms. The minimum Gasteiger partial charge on any atom is -0.481 e. The van der Waals surface area contributed by atoms with Gasteiger partial charge in [0.25, 0.3) is 0 Å². The van der Waals surface area contributed by atoms with Gasteiger partial charge in [-0.25, -0.2) is 13.4 Å². The van der Waals surface area contributed by atoms with Crippen LogP contribution in [0.2, 0.25) is 0 Å². The third-order valence-electron chi connectivity index (χ3n) is 2.42. The second kappa shape index (κ2) is 5.97. The lowest BCUT2D eigenvalue weighted by molar-refractivity contribution is 0.387. The van der Waals surface area contributed by atoms with Crippen molar-refractivity contribution >= 4 is 9.84 Å². The van der Waals surface area contributed by atoms with Crippen molar-refractivity contribution in [1.82, 2.24) is 4.98 Å². The molecule has 0 saturated carbocycles. The van der Waals surface area contributed by atoms with E-state index in [1.165, 1.54) is 13.4 Å². The molecule has 0 aromatic carbocycles. The van der Waals surface area contributed by atoms with Crippen molar-refractivity contribution in [3.63, 3.8) is 0 Å². The third kappa shape index (κ3) is 4.70. The molecule has 1 heterocycles. The van der Waals surface area contributed by atoms with Crippen LogP contribution in [-0.4, -0.2) is 32.5 Å². The highest BCUT2D eigenvalue weighted by Crippen LogP contribution is 2.23. The minimum absolute atomic E-state index is 0.156. The fourth-order valence-corrected chi connectivity index (χ4v) is 2.27. The molecule has 0 aliphatic rings. The summed E-state index contributed by atoms with van der Waals surface area (Å²) < 4.78 is 27.1. The molecule has 6 heteroatoms. The maximum absolute atomic E-state index is 11.0. The summed E-state index contributed by atoms with van der Waals surface area (Å²) >= 11 is 0. The first kappa shape index (κ1) is 13.9. The van der Waals surface area contributed by atoms with Gasteiger partial charge in [0.15, 0.2) is 0 Å². The molecule has 0 amide bonds. The normalized spacial score (nSPS) is 13.4. The van der Waals surface area contributed by atoms with Crippen LogP contribution in [0.1, 0.15) is 24.4 Å². The summed E-state index contributed by atoms with van der Waals surface area (Å²) in [7, 11) is -1.38. The van der Waals surface area contributed by atoms with E-state index in [-0.39, 0.29) is 11.8 Å². The van der Waals surface area contributed by atoms with Crippen molar-refractivity contribution in [2.45, 2.75) is 18.9 Å². The number of aromatic nitrogens is 1. The number of methoxy groups -OCH3 is 1. The predicted molar refractivity (Wildman–Crippen MR) is 66.7 cm³/mol. The first-order chi connectivity index (χ1) is 7.94. The van der Waals surface area contributed by atoms with E-state index in [4.69, 9.17) is 10.5 Å². The molecule has 0 fully saturated rings. The standard InChI is InChI=1S/C11H18N2O3S/c1-16-11-9(5-3-7-13-11)10(12)6-4-8-17(2,14)15/h3,5,7,10H,4,6,8,12H2,1-2H3. The summed E-state index contributed by atoms with van der Waals surface area (Å²) in [5, 5.41) is 0. The van der Waals surface area contributed by atoms with Crippen molar-refractivity contribution in [3.05, 3.63) is 23.9 Å². The molecule has 2 N–H and O–H groups in total. The molecule has 0 aliphatic heterocycles. The zero-order valence-corrected chi connectivity index (χ0v) is 10.9. The highest BCUT2D eigenvalue weighted by Gasteiger charge is 2.13. The largest absolute Gasteiger partial charge is 0.481 e. The second-order valence-electron chi connectivity index (χ2n) is 3.98. The van der Waals surface area contributed by atoms with E-state index in [2.05, 4.69) is 4.98 Å². The highest BCUT2D eigenvalue weighted by molar-refractivity contribution is 7.90. The average Bonchev–Trinajstić information content (AvgIpc) is 2.27. The van der Waals surface area contributed by atoms with Crippen LogP contribution in [0.25, 0.3) is 0 Å². The van der Waals surface area contributed by atoms with Gasteiger partial charge in [-0.05, 0) is 18.9 Å². The van der Waals surface area contributed by atoms with Gasteiger partial charge in [0.1, 0.15) is 9.84 Å². The van der Waals surface area contributed by atoms with E-state index in [1.54, 1.807) is 12.3 Å². The van der Waals surface area contributed by atoms with Crippen molar-refractivity contribution < 1.29 is 13.2 Å². The zero-order chi connectivity index (χ0) is 12.9. The number of ether oxygens (including phenoxy) is 1. The Morgan fingerprint density at radius 3 is 2.82 bits per heavy atom. The first-order valence-corrected chi connectivity index (χ1v) is 7.42. The Hall–Kier alpha value is -1.14. The number of sulfone groups is 1. The molecular weight excluding hydrogens is 240 g/mol. The summed E-state index contributed by atoms with van der Waals surface area (Å²) in [6.07, 6.45) is 3.99. The minimum atomic E-state index is -2.92. The molecule has 0 spiro atoms. The lowest BCUT2D eigenvalue weighted by Gasteiger charge is -2.14. The molecule has 0 bridgehead atoms. The number of nitrogens with zero attached hydrogens (tertiary/aromatic N) is 1. The van der Waals surface area contributed by atoms with Gasteiger partial charge >= 0.3 is 0 Å². The van der Waals surface area contributed by atoms with E-state index in [0.29, 0.717) is 18.7 Å². The van der Waals surface area contributed by atoms with Gasteiger partial charge < -0.3 is 10.5 Å². The third-order valence-corrected chi connectivity index (χ3v) is 3.45. The Morgan fingerprint density at radius 2 is 2.24 bits per heavy atom. The predicted octanol–water partition coefficient (Wildman–Crippen LogP) is 0.915. The van der Waals surface area contributed by atoms with E-state index in [9.17, 15) is 8.42 Å². The molecule has 5 nitrogen and oxygen atoms in total. The smallest absolute Gasteiger partial charge is 0.217 e. The molecule has 1 rings (SSSR count). The van der Waals surface area contributed by atoms with Crippen LogP contribution in [0.5, 0.6) is 5.88 Å². The number of nitrogens with two attached hydrogens (primary N) is 1. The highest BCUT2D eigenvalue weighted by atomic mass is 32.2. The lowest BCUT2D eigenvalue weighted by atomic mass is 10.1. The van der Waals surface area contributed by atoms with Crippen molar-refractivity contribution in [2.24, 2.45) is 5.73 Å². The van der Waals surface area contributed by atoms with Gasteiger partial charge in [-0.1, -0.05) is 6.07 Å². The fourth-order valence-electron chi connectivity index (χ4n) is 1.58. The second-order valence-corrected chi connectivity index (χ2v) is 6.24. The van der Waals surface area contributed by atoms with Crippen LogP contribution in [0.4, 0.5) is 0 Å². The molecule has 1 unspecified atom stereocenters. The number of hydrogen-bond acceptors (Lipinski definition) is 5. The topological polar surface area (TPSA) is 82.3 Å². The Labute approximate surface area is 102 Å². The maximum Gasteiger partial charge on any atom is 0.217 e. The number of rotatable bonds is 6. The SMILES string of the molecule is COc1ncccc1C(N)CCCS(C)(=O)=O. The molecule has 96 valence electrons. The van der Waals surface area contributed by atoms with Crippen LogP contribution >= 0.6 is 0 Å². The van der Waals surface area contributed by atoms with Crippen molar-refractivity contribution in [2.75, 3.05) is 19.1 Å². The van der Waals surface area contributed by atoms with Gasteiger partial charge in [-0.2, -0.15) is 0 Å². The van der Waals surface area contributed by atoms with Gasteiger partial charge in [-0.3, -0.25) is 0 Å². The van der Waals surface area contributed by atoms with Crippen LogP contribution in [0, 0.1) is 0 Å². The number of hydrogen-bond donors (Lipinski definition) is 1. The van der Waals surface area contributed by atoms with Gasteiger partial charge in [0, 0.05) is 29.8 Å². The van der Waals surface area contributed by atoms with Crippen LogP contribution in [0.15, 0.2) is 18.3 Å². The summed E-state index contributed by atoms with van der Waals surface area (Å²) in [6.45, 7) is 0. The molecule has 1 atom stereocenters. The van der Waals surface area contributed by atoms with Gasteiger partial charge in [-0.15, -0.1) is 0 Å². The van der Waals surface area contributed by atoms with Crippen LogP contribution in [0.3, 0.4) is 0 Å². The molecule has 1 aromatic heterocycles. The zero-order valence-electron chi connectivity index (χ0n) is 10.1. The van der Waals surface area contributed by atoms with Crippen LogP contribution < -0.4 is 10.5 Å². The Morgan fingerprint density at radius 1 is 1.53 bits per heavy atom. The van der Waals surface area contributed by atoms with E-state index in [0.717, 1.165) is 5.56 Å². The first-order valence-electron chi connectivity index (χ1n) is 5.36. The van der Waals surface area contributed by atoms with Crippen molar-refractivity contribution in [3.8, 4) is 5.88 Å². The summed E-state index contributed by atoms with van der Waals surface area (Å²) in [6, 6.07) is 3.38. The summed E-state index contributed by atoms with van der Waals surface area (Å²) in [4.78, 5) is 4.05. The van der Waals surface area contributed by atoms with E-state index in [1.807, 2.05) is 6.07 Å². The van der Waals surface area contributed by atoms with Crippen molar-refractivity contribution in [1.29, 1.82) is 0 Å². The van der Waals surface area contributed by atoms with Gasteiger partial charge in [0.2, 0.25) is 5.88 Å². The molecule has 0 radical (unpaired) electrons. The summed E-state index contributed by atoms with van der Waals surface area (Å²) in [5.74, 6) is 0.655. The Balaban J connectivity index is 2.61. The maximum atomic E-state index is 11.0. The average molecular weight is 258 g/mol. The quantitative estimate of drug-likeness (QED) is 0.820. The van der Waals surface area contributed by atoms with E-state index >= 15 is 0 Å². The monoisotopic (exact) mass is 258 g/mol. The molecule has 0 saturated heterocycles. The van der Waals surface area contributed by atoms with Crippen LogP contribution in [-0.2, 0) is 9.84 Å². The van der Waals surface area contributed by atoms with E-state index < -0.39 is 9.84 Å². The summed E-state index contributed by atoms with van der Waals surface area (Å²) in [5.41, 5.74) is 6.79. The Kier molecular flexibility index (Phi) is 4.89.